The molecule has 0 spiro atoms. The molecule has 5 nitrogen and oxygen atoms in total. The maximum atomic E-state index is 11.8. The summed E-state index contributed by atoms with van der Waals surface area (Å²) in [5.41, 5.74) is 1.65. The van der Waals surface area contributed by atoms with Gasteiger partial charge in [-0.05, 0) is 35.9 Å². The summed E-state index contributed by atoms with van der Waals surface area (Å²) in [6.07, 6.45) is 3.05. The number of amides is 1. The van der Waals surface area contributed by atoms with Crippen molar-refractivity contribution < 1.29 is 9.21 Å². The summed E-state index contributed by atoms with van der Waals surface area (Å²) < 4.78 is 5.40. The second-order valence-corrected chi connectivity index (χ2v) is 5.09. The lowest BCUT2D eigenvalue weighted by atomic mass is 10.2. The molecule has 6 heteroatoms. The van der Waals surface area contributed by atoms with E-state index >= 15 is 0 Å². The molecular weight excluding hydrogens is 314 g/mol. The molecule has 0 saturated heterocycles. The second kappa shape index (κ2) is 6.89. The summed E-state index contributed by atoms with van der Waals surface area (Å²) >= 11 is 5.80. The number of carbonyl (C=O) groups is 1. The van der Waals surface area contributed by atoms with Crippen LogP contribution >= 0.6 is 11.6 Å². The lowest BCUT2D eigenvalue weighted by molar-refractivity contribution is -0.112. The van der Waals surface area contributed by atoms with Crippen LogP contribution in [0.15, 0.2) is 65.1 Å². The molecule has 1 amide bonds. The summed E-state index contributed by atoms with van der Waals surface area (Å²) in [6, 6.07) is 16.5. The number of benzene rings is 2. The van der Waals surface area contributed by atoms with Crippen LogP contribution in [-0.4, -0.2) is 16.1 Å². The maximum Gasteiger partial charge on any atom is 0.322 e. The lowest BCUT2D eigenvalue weighted by Gasteiger charge is -1.96. The van der Waals surface area contributed by atoms with E-state index in [1.165, 1.54) is 6.08 Å². The SMILES string of the molecule is O=C(/C=C/c1ccc(Cl)cc1)Nc1nnc(-c2ccccc2)o1. The van der Waals surface area contributed by atoms with E-state index in [-0.39, 0.29) is 11.9 Å². The summed E-state index contributed by atoms with van der Waals surface area (Å²) in [4.78, 5) is 11.8. The van der Waals surface area contributed by atoms with Crippen molar-refractivity contribution in [1.82, 2.24) is 10.2 Å². The van der Waals surface area contributed by atoms with Gasteiger partial charge in [-0.25, -0.2) is 0 Å². The van der Waals surface area contributed by atoms with Gasteiger partial charge in [-0.3, -0.25) is 10.1 Å². The van der Waals surface area contributed by atoms with E-state index in [0.29, 0.717) is 10.9 Å². The first-order valence-corrected chi connectivity index (χ1v) is 7.22. The van der Waals surface area contributed by atoms with Crippen LogP contribution in [0.25, 0.3) is 17.5 Å². The Hall–Kier alpha value is -2.92. The summed E-state index contributed by atoms with van der Waals surface area (Å²) in [5.74, 6) is -0.00853. The summed E-state index contributed by atoms with van der Waals surface area (Å²) in [7, 11) is 0. The van der Waals surface area contributed by atoms with Gasteiger partial charge in [-0.15, -0.1) is 5.10 Å². The van der Waals surface area contributed by atoms with E-state index in [4.69, 9.17) is 16.0 Å². The number of anilines is 1. The number of nitrogens with one attached hydrogen (secondary N) is 1. The van der Waals surface area contributed by atoms with Crippen LogP contribution < -0.4 is 5.32 Å². The monoisotopic (exact) mass is 325 g/mol. The van der Waals surface area contributed by atoms with Crippen molar-refractivity contribution in [2.75, 3.05) is 5.32 Å². The van der Waals surface area contributed by atoms with E-state index in [0.717, 1.165) is 11.1 Å². The average molecular weight is 326 g/mol. The van der Waals surface area contributed by atoms with Gasteiger partial charge in [0.25, 0.3) is 5.91 Å². The Morgan fingerprint density at radius 3 is 2.52 bits per heavy atom. The Kier molecular flexibility index (Phi) is 4.49. The molecule has 0 aliphatic heterocycles. The molecule has 0 atom stereocenters. The van der Waals surface area contributed by atoms with Gasteiger partial charge in [0.15, 0.2) is 0 Å². The van der Waals surface area contributed by atoms with Crippen molar-refractivity contribution in [3.05, 3.63) is 71.3 Å². The van der Waals surface area contributed by atoms with Gasteiger partial charge in [0.2, 0.25) is 5.89 Å². The fourth-order valence-corrected chi connectivity index (χ4v) is 1.99. The van der Waals surface area contributed by atoms with Gasteiger partial charge in [0, 0.05) is 16.7 Å². The molecule has 23 heavy (non-hydrogen) atoms. The van der Waals surface area contributed by atoms with Crippen molar-refractivity contribution in [3.8, 4) is 11.5 Å². The number of aromatic nitrogens is 2. The quantitative estimate of drug-likeness (QED) is 0.735. The predicted molar refractivity (Wildman–Crippen MR) is 88.8 cm³/mol. The Balaban J connectivity index is 1.64. The third kappa shape index (κ3) is 4.05. The van der Waals surface area contributed by atoms with Crippen molar-refractivity contribution in [1.29, 1.82) is 0 Å². The van der Waals surface area contributed by atoms with Gasteiger partial charge in [-0.1, -0.05) is 47.0 Å². The molecule has 1 N–H and O–H groups in total. The number of halogens is 1. The minimum atomic E-state index is -0.358. The van der Waals surface area contributed by atoms with E-state index in [1.54, 1.807) is 18.2 Å². The molecule has 1 aromatic heterocycles. The number of carbonyl (C=O) groups excluding carboxylic acids is 1. The predicted octanol–water partition coefficient (Wildman–Crippen LogP) is 4.04. The van der Waals surface area contributed by atoms with Crippen LogP contribution in [-0.2, 0) is 4.79 Å². The zero-order chi connectivity index (χ0) is 16.1. The zero-order valence-electron chi connectivity index (χ0n) is 11.9. The fourth-order valence-electron chi connectivity index (χ4n) is 1.86. The van der Waals surface area contributed by atoms with E-state index in [9.17, 15) is 4.79 Å². The second-order valence-electron chi connectivity index (χ2n) is 4.65. The van der Waals surface area contributed by atoms with Gasteiger partial charge >= 0.3 is 6.01 Å². The molecule has 3 rings (SSSR count). The Bertz CT molecular complexity index is 827. The number of hydrogen-bond donors (Lipinski definition) is 1. The van der Waals surface area contributed by atoms with Crippen molar-refractivity contribution in [3.63, 3.8) is 0 Å². The molecule has 0 aliphatic rings. The van der Waals surface area contributed by atoms with Crippen molar-refractivity contribution in [2.45, 2.75) is 0 Å². The van der Waals surface area contributed by atoms with Gasteiger partial charge in [0.1, 0.15) is 0 Å². The first-order chi connectivity index (χ1) is 11.2. The number of nitrogens with zero attached hydrogens (tertiary/aromatic N) is 2. The van der Waals surface area contributed by atoms with Crippen LogP contribution in [0.4, 0.5) is 6.01 Å². The zero-order valence-corrected chi connectivity index (χ0v) is 12.7. The molecule has 0 radical (unpaired) electrons. The highest BCUT2D eigenvalue weighted by atomic mass is 35.5. The fraction of sp³-hybridized carbons (Fsp3) is 0. The van der Waals surface area contributed by atoms with Crippen LogP contribution in [0, 0.1) is 0 Å². The largest absolute Gasteiger partial charge is 0.403 e. The molecular formula is C17H12ClN3O2. The normalized spacial score (nSPS) is 10.8. The first kappa shape index (κ1) is 15.0. The highest BCUT2D eigenvalue weighted by Gasteiger charge is 2.09. The molecule has 0 fully saturated rings. The topological polar surface area (TPSA) is 68.0 Å². The van der Waals surface area contributed by atoms with Crippen LogP contribution in [0.3, 0.4) is 0 Å². The lowest BCUT2D eigenvalue weighted by Crippen LogP contribution is -2.07. The highest BCUT2D eigenvalue weighted by molar-refractivity contribution is 6.30. The smallest absolute Gasteiger partial charge is 0.322 e. The van der Waals surface area contributed by atoms with Crippen LogP contribution in [0.5, 0.6) is 0 Å². The number of hydrogen-bond acceptors (Lipinski definition) is 4. The molecule has 0 aliphatic carbocycles. The van der Waals surface area contributed by atoms with Gasteiger partial charge < -0.3 is 4.42 Å². The standard InChI is InChI=1S/C17H12ClN3O2/c18-14-9-6-12(7-10-14)8-11-15(22)19-17-21-20-16(23-17)13-4-2-1-3-5-13/h1-11H,(H,19,21,22)/b11-8+. The first-order valence-electron chi connectivity index (χ1n) is 6.84. The Morgan fingerprint density at radius 2 is 1.78 bits per heavy atom. The van der Waals surface area contributed by atoms with Crippen LogP contribution in [0.2, 0.25) is 5.02 Å². The third-order valence-corrected chi connectivity index (χ3v) is 3.23. The molecule has 0 bridgehead atoms. The molecule has 0 saturated carbocycles. The van der Waals surface area contributed by atoms with Gasteiger partial charge in [0.05, 0.1) is 0 Å². The Morgan fingerprint density at radius 1 is 1.04 bits per heavy atom. The van der Waals surface area contributed by atoms with Gasteiger partial charge in [-0.2, -0.15) is 0 Å². The number of rotatable bonds is 4. The third-order valence-electron chi connectivity index (χ3n) is 2.97. The molecule has 0 unspecified atom stereocenters. The Labute approximate surface area is 137 Å². The van der Waals surface area contributed by atoms with E-state index in [2.05, 4.69) is 15.5 Å². The van der Waals surface area contributed by atoms with E-state index < -0.39 is 0 Å². The maximum absolute atomic E-state index is 11.8. The molecule has 3 aromatic rings. The summed E-state index contributed by atoms with van der Waals surface area (Å²) in [5, 5.41) is 10.9. The minimum absolute atomic E-state index is 0.0506. The van der Waals surface area contributed by atoms with Crippen molar-refractivity contribution >= 4 is 29.6 Å². The highest BCUT2D eigenvalue weighted by Crippen LogP contribution is 2.19. The van der Waals surface area contributed by atoms with Crippen LogP contribution in [0.1, 0.15) is 5.56 Å². The molecule has 114 valence electrons. The minimum Gasteiger partial charge on any atom is -0.403 e. The molecule has 1 heterocycles. The average Bonchev–Trinajstić information content (AvgIpc) is 3.04. The molecule has 2 aromatic carbocycles. The summed E-state index contributed by atoms with van der Waals surface area (Å²) in [6.45, 7) is 0. The van der Waals surface area contributed by atoms with E-state index in [1.807, 2.05) is 42.5 Å². The van der Waals surface area contributed by atoms with Crippen molar-refractivity contribution in [2.24, 2.45) is 0 Å².